The molecule has 2 bridgehead atoms. The van der Waals surface area contributed by atoms with Gasteiger partial charge in [0.2, 0.25) is 11.8 Å². The zero-order chi connectivity index (χ0) is 25.6. The number of ether oxygens (including phenoxy) is 2. The second-order valence-corrected chi connectivity index (χ2v) is 11.0. The first-order chi connectivity index (χ1) is 15.9. The van der Waals surface area contributed by atoms with Gasteiger partial charge in [-0.05, 0) is 52.4 Å². The molecule has 3 aliphatic heterocycles. The van der Waals surface area contributed by atoms with Gasteiger partial charge in [0.25, 0.3) is 0 Å². The van der Waals surface area contributed by atoms with E-state index in [1.807, 2.05) is 41.5 Å². The quantitative estimate of drug-likeness (QED) is 0.383. The highest BCUT2D eigenvalue weighted by atomic mass is 16.6. The fraction of sp³-hybridized carbons (Fsp3) is 0.808. The van der Waals surface area contributed by atoms with Gasteiger partial charge in [-0.25, -0.2) is 0 Å². The van der Waals surface area contributed by atoms with Crippen LogP contribution in [0.25, 0.3) is 0 Å². The van der Waals surface area contributed by atoms with Crippen molar-refractivity contribution in [2.45, 2.75) is 90.6 Å². The minimum atomic E-state index is -1.14. The Bertz CT molecular complexity index is 828. The van der Waals surface area contributed by atoms with Crippen LogP contribution in [0.15, 0.2) is 12.7 Å². The van der Waals surface area contributed by atoms with Crippen LogP contribution in [0, 0.1) is 23.7 Å². The molecule has 3 aliphatic rings. The van der Waals surface area contributed by atoms with Crippen molar-refractivity contribution in [3.05, 3.63) is 12.7 Å². The van der Waals surface area contributed by atoms with E-state index in [1.54, 1.807) is 22.8 Å². The molecule has 0 aliphatic carbocycles. The number of esters is 1. The maximum atomic E-state index is 14.2. The number of fused-ring (bicyclic) bond motifs is 1. The van der Waals surface area contributed by atoms with Crippen LogP contribution in [0.5, 0.6) is 0 Å². The summed E-state index contributed by atoms with van der Waals surface area (Å²) < 4.78 is 12.1. The van der Waals surface area contributed by atoms with Gasteiger partial charge in [-0.1, -0.05) is 26.8 Å². The molecule has 0 aromatic carbocycles. The standard InChI is InChI=1S/C26H42N2O6/c1-9-11-27(16(5)6)23(31)21-26-13-17(7)25(8,34-26)20(24(32)33-10-2)19(26)22(30)28(21)18(14-29)12-15(3)4/h9,15-21,29H,1,10-14H2,2-8H3/t17?,18-,19+,20+,21?,25-,26?/m1/s1. The molecule has 34 heavy (non-hydrogen) atoms. The Kier molecular flexibility index (Phi) is 7.54. The molecule has 0 radical (unpaired) electrons. The molecule has 3 saturated heterocycles. The molecule has 192 valence electrons. The van der Waals surface area contributed by atoms with Gasteiger partial charge in [-0.3, -0.25) is 14.4 Å². The minimum absolute atomic E-state index is 0.0502. The number of nitrogens with zero attached hydrogens (tertiary/aromatic N) is 2. The van der Waals surface area contributed by atoms with Crippen LogP contribution in [-0.4, -0.2) is 81.8 Å². The van der Waals surface area contributed by atoms with Crippen LogP contribution in [0.1, 0.15) is 61.3 Å². The molecule has 3 fully saturated rings. The van der Waals surface area contributed by atoms with Crippen molar-refractivity contribution >= 4 is 17.8 Å². The summed E-state index contributed by atoms with van der Waals surface area (Å²) >= 11 is 0. The van der Waals surface area contributed by atoms with E-state index in [0.717, 1.165) is 0 Å². The van der Waals surface area contributed by atoms with Crippen LogP contribution in [-0.2, 0) is 23.9 Å². The topological polar surface area (TPSA) is 96.4 Å². The zero-order valence-electron chi connectivity index (χ0n) is 21.7. The van der Waals surface area contributed by atoms with E-state index in [2.05, 4.69) is 6.58 Å². The van der Waals surface area contributed by atoms with Crippen LogP contribution in [0.2, 0.25) is 0 Å². The lowest BCUT2D eigenvalue weighted by molar-refractivity contribution is -0.164. The zero-order valence-corrected chi connectivity index (χ0v) is 21.7. The molecule has 3 heterocycles. The number of amides is 2. The lowest BCUT2D eigenvalue weighted by atomic mass is 9.62. The van der Waals surface area contributed by atoms with Crippen LogP contribution in [0.3, 0.4) is 0 Å². The molecular formula is C26H42N2O6. The number of rotatable bonds is 10. The van der Waals surface area contributed by atoms with Gasteiger partial charge in [0.05, 0.1) is 30.8 Å². The van der Waals surface area contributed by atoms with Gasteiger partial charge in [-0.2, -0.15) is 0 Å². The largest absolute Gasteiger partial charge is 0.466 e. The molecule has 1 spiro atoms. The molecule has 0 aromatic heterocycles. The van der Waals surface area contributed by atoms with Crippen molar-refractivity contribution < 1.29 is 29.0 Å². The fourth-order valence-corrected chi connectivity index (χ4v) is 6.61. The molecular weight excluding hydrogens is 436 g/mol. The summed E-state index contributed by atoms with van der Waals surface area (Å²) in [6.45, 7) is 17.6. The van der Waals surface area contributed by atoms with E-state index in [1.165, 1.54) is 0 Å². The van der Waals surface area contributed by atoms with E-state index < -0.39 is 41.1 Å². The summed E-state index contributed by atoms with van der Waals surface area (Å²) in [6.07, 6.45) is 2.70. The molecule has 1 N–H and O–H groups in total. The van der Waals surface area contributed by atoms with E-state index in [-0.39, 0.29) is 42.9 Å². The van der Waals surface area contributed by atoms with Crippen molar-refractivity contribution in [3.8, 4) is 0 Å². The highest BCUT2D eigenvalue weighted by molar-refractivity contribution is 5.99. The van der Waals surface area contributed by atoms with Crippen LogP contribution >= 0.6 is 0 Å². The highest BCUT2D eigenvalue weighted by Crippen LogP contribution is 2.65. The molecule has 2 amide bonds. The first-order valence-electron chi connectivity index (χ1n) is 12.6. The Morgan fingerprint density at radius 1 is 1.35 bits per heavy atom. The third-order valence-corrected chi connectivity index (χ3v) is 8.11. The number of hydrogen-bond acceptors (Lipinski definition) is 6. The van der Waals surface area contributed by atoms with Gasteiger partial charge in [0.1, 0.15) is 17.6 Å². The maximum absolute atomic E-state index is 14.2. The van der Waals surface area contributed by atoms with Crippen molar-refractivity contribution in [2.24, 2.45) is 23.7 Å². The monoisotopic (exact) mass is 478 g/mol. The smallest absolute Gasteiger partial charge is 0.312 e. The lowest BCUT2D eigenvalue weighted by Gasteiger charge is -2.41. The van der Waals surface area contributed by atoms with Crippen LogP contribution < -0.4 is 0 Å². The number of aliphatic hydroxyl groups is 1. The van der Waals surface area contributed by atoms with E-state index in [0.29, 0.717) is 19.4 Å². The predicted octanol–water partition coefficient (Wildman–Crippen LogP) is 2.39. The van der Waals surface area contributed by atoms with Gasteiger partial charge in [0, 0.05) is 12.6 Å². The average Bonchev–Trinajstić information content (AvgIpc) is 3.26. The first kappa shape index (κ1) is 26.7. The van der Waals surface area contributed by atoms with E-state index in [4.69, 9.17) is 9.47 Å². The third kappa shape index (κ3) is 3.87. The Balaban J connectivity index is 2.19. The summed E-state index contributed by atoms with van der Waals surface area (Å²) in [5.74, 6) is -2.45. The van der Waals surface area contributed by atoms with E-state index in [9.17, 15) is 19.5 Å². The number of hydrogen-bond donors (Lipinski definition) is 1. The first-order valence-corrected chi connectivity index (χ1v) is 12.6. The van der Waals surface area contributed by atoms with Crippen molar-refractivity contribution in [3.63, 3.8) is 0 Å². The second-order valence-electron chi connectivity index (χ2n) is 11.0. The predicted molar refractivity (Wildman–Crippen MR) is 128 cm³/mol. The number of carbonyl (C=O) groups is 3. The Labute approximate surface area is 203 Å². The molecule has 7 atom stereocenters. The van der Waals surface area contributed by atoms with Crippen molar-refractivity contribution in [1.29, 1.82) is 0 Å². The average molecular weight is 479 g/mol. The SMILES string of the molecule is C=CCN(C(=O)C1N([C@@H](CO)CC(C)C)C(=O)[C@@H]2[C@@H](C(=O)OCC)[C@]3(C)OC12CC3C)C(C)C. The van der Waals surface area contributed by atoms with Gasteiger partial charge < -0.3 is 24.4 Å². The third-order valence-electron chi connectivity index (χ3n) is 8.11. The second kappa shape index (κ2) is 9.61. The molecule has 3 unspecified atom stereocenters. The lowest BCUT2D eigenvalue weighted by Crippen LogP contribution is -2.60. The Hall–Kier alpha value is -1.93. The normalized spacial score (nSPS) is 35.1. The fourth-order valence-electron chi connectivity index (χ4n) is 6.61. The summed E-state index contributed by atoms with van der Waals surface area (Å²) in [4.78, 5) is 44.7. The Morgan fingerprint density at radius 2 is 2.00 bits per heavy atom. The molecule has 8 heteroatoms. The summed E-state index contributed by atoms with van der Waals surface area (Å²) in [5, 5.41) is 10.3. The molecule has 0 aromatic rings. The number of carbonyl (C=O) groups excluding carboxylic acids is 3. The number of aliphatic hydroxyl groups excluding tert-OH is 1. The van der Waals surface area contributed by atoms with Crippen LogP contribution in [0.4, 0.5) is 0 Å². The van der Waals surface area contributed by atoms with Crippen molar-refractivity contribution in [2.75, 3.05) is 19.8 Å². The minimum Gasteiger partial charge on any atom is -0.466 e. The van der Waals surface area contributed by atoms with E-state index >= 15 is 0 Å². The summed E-state index contributed by atoms with van der Waals surface area (Å²) in [7, 11) is 0. The summed E-state index contributed by atoms with van der Waals surface area (Å²) in [6, 6.07) is -1.59. The molecule has 0 saturated carbocycles. The molecule has 8 nitrogen and oxygen atoms in total. The summed E-state index contributed by atoms with van der Waals surface area (Å²) in [5.41, 5.74) is -2.04. The van der Waals surface area contributed by atoms with Gasteiger partial charge in [-0.15, -0.1) is 6.58 Å². The maximum Gasteiger partial charge on any atom is 0.312 e. The Morgan fingerprint density at radius 3 is 2.50 bits per heavy atom. The number of likely N-dealkylation sites (tertiary alicyclic amines) is 1. The highest BCUT2D eigenvalue weighted by Gasteiger charge is 2.80. The van der Waals surface area contributed by atoms with Gasteiger partial charge >= 0.3 is 5.97 Å². The van der Waals surface area contributed by atoms with Crippen molar-refractivity contribution in [1.82, 2.24) is 9.80 Å². The van der Waals surface area contributed by atoms with Gasteiger partial charge in [0.15, 0.2) is 0 Å². The molecule has 3 rings (SSSR count).